The summed E-state index contributed by atoms with van der Waals surface area (Å²) in [5.41, 5.74) is 0.820. The highest BCUT2D eigenvalue weighted by Gasteiger charge is 2.49. The van der Waals surface area contributed by atoms with Gasteiger partial charge in [0.25, 0.3) is 0 Å². The topological polar surface area (TPSA) is 145 Å². The standard InChI is InChI=1S/C25H21NO8/c27-18-8-4-16(5-9-18)25(17-6-10-19(28)11-7-17)20-3-1-2-15(23(20)24(33)34-25)12-26(13-21(29)30)14-22(31)32/h1-11,27-28H,12-14H2,(H,29,30)(H,31,32). The Morgan fingerprint density at radius 2 is 1.29 bits per heavy atom. The number of hydrogen-bond donors (Lipinski definition) is 4. The SMILES string of the molecule is O=C(O)CN(CC(=O)O)Cc1cccc2c1C(=O)OC2(c1ccc(O)cc1)c1ccc(O)cc1. The van der Waals surface area contributed by atoms with Crippen molar-refractivity contribution in [2.45, 2.75) is 12.1 Å². The van der Waals surface area contributed by atoms with Crippen molar-refractivity contribution < 1.29 is 39.5 Å². The molecule has 174 valence electrons. The largest absolute Gasteiger partial charge is 0.508 e. The second kappa shape index (κ2) is 8.87. The maximum atomic E-state index is 13.2. The molecule has 0 aromatic heterocycles. The summed E-state index contributed by atoms with van der Waals surface area (Å²) < 4.78 is 6.00. The molecule has 1 aliphatic heterocycles. The van der Waals surface area contributed by atoms with E-state index in [-0.39, 0.29) is 23.6 Å². The Hall–Kier alpha value is -4.37. The molecule has 9 heteroatoms. The fraction of sp³-hybridized carbons (Fsp3) is 0.160. The summed E-state index contributed by atoms with van der Waals surface area (Å²) in [6.45, 7) is -1.14. The molecule has 0 spiro atoms. The first-order valence-corrected chi connectivity index (χ1v) is 10.3. The lowest BCUT2D eigenvalue weighted by molar-refractivity contribution is -0.142. The number of phenols is 2. The van der Waals surface area contributed by atoms with E-state index in [2.05, 4.69) is 0 Å². The second-order valence-corrected chi connectivity index (χ2v) is 7.94. The molecule has 0 amide bonds. The molecular weight excluding hydrogens is 442 g/mol. The number of aromatic hydroxyl groups is 2. The van der Waals surface area contributed by atoms with Crippen LogP contribution in [-0.4, -0.2) is 56.3 Å². The molecule has 0 radical (unpaired) electrons. The van der Waals surface area contributed by atoms with Crippen LogP contribution in [0.2, 0.25) is 0 Å². The van der Waals surface area contributed by atoms with Crippen molar-refractivity contribution in [3.05, 3.63) is 94.5 Å². The van der Waals surface area contributed by atoms with Crippen LogP contribution in [0.25, 0.3) is 0 Å². The number of esters is 1. The molecule has 4 N–H and O–H groups in total. The number of ether oxygens (including phenoxy) is 1. The minimum absolute atomic E-state index is 0.0286. The van der Waals surface area contributed by atoms with E-state index in [0.29, 0.717) is 22.3 Å². The van der Waals surface area contributed by atoms with Gasteiger partial charge < -0.3 is 25.2 Å². The van der Waals surface area contributed by atoms with Crippen molar-refractivity contribution in [2.24, 2.45) is 0 Å². The van der Waals surface area contributed by atoms with E-state index in [4.69, 9.17) is 4.74 Å². The van der Waals surface area contributed by atoms with Crippen LogP contribution in [-0.2, 0) is 26.5 Å². The van der Waals surface area contributed by atoms with Crippen LogP contribution >= 0.6 is 0 Å². The van der Waals surface area contributed by atoms with E-state index in [1.165, 1.54) is 29.2 Å². The second-order valence-electron chi connectivity index (χ2n) is 7.94. The third kappa shape index (κ3) is 4.16. The maximum absolute atomic E-state index is 13.2. The molecule has 34 heavy (non-hydrogen) atoms. The summed E-state index contributed by atoms with van der Waals surface area (Å²) in [5, 5.41) is 37.9. The predicted octanol–water partition coefficient (Wildman–Crippen LogP) is 2.53. The van der Waals surface area contributed by atoms with Crippen molar-refractivity contribution >= 4 is 17.9 Å². The maximum Gasteiger partial charge on any atom is 0.340 e. The van der Waals surface area contributed by atoms with Gasteiger partial charge in [-0.1, -0.05) is 42.5 Å². The zero-order chi connectivity index (χ0) is 24.5. The monoisotopic (exact) mass is 463 g/mol. The molecule has 3 aromatic carbocycles. The minimum atomic E-state index is -1.39. The Bertz CT molecular complexity index is 1190. The fourth-order valence-corrected chi connectivity index (χ4v) is 4.29. The number of benzene rings is 3. The van der Waals surface area contributed by atoms with Crippen LogP contribution in [0.4, 0.5) is 0 Å². The summed E-state index contributed by atoms with van der Waals surface area (Å²) in [7, 11) is 0. The number of aliphatic carboxylic acids is 2. The number of phenolic OH excluding ortho intramolecular Hbond substituents is 2. The Balaban J connectivity index is 1.88. The molecule has 0 saturated heterocycles. The first-order chi connectivity index (χ1) is 16.2. The summed E-state index contributed by atoms with van der Waals surface area (Å²) >= 11 is 0. The highest BCUT2D eigenvalue weighted by molar-refractivity contribution is 5.98. The minimum Gasteiger partial charge on any atom is -0.508 e. The summed E-state index contributed by atoms with van der Waals surface area (Å²) in [6, 6.07) is 17.4. The summed E-state index contributed by atoms with van der Waals surface area (Å²) in [5.74, 6) is -2.99. The number of nitrogens with zero attached hydrogens (tertiary/aromatic N) is 1. The van der Waals surface area contributed by atoms with E-state index < -0.39 is 36.6 Å². The van der Waals surface area contributed by atoms with Gasteiger partial charge in [-0.25, -0.2) is 4.79 Å². The third-order valence-electron chi connectivity index (χ3n) is 5.64. The Morgan fingerprint density at radius 1 is 0.794 bits per heavy atom. The lowest BCUT2D eigenvalue weighted by Gasteiger charge is -2.30. The van der Waals surface area contributed by atoms with E-state index in [9.17, 15) is 34.8 Å². The van der Waals surface area contributed by atoms with Gasteiger partial charge in [-0.15, -0.1) is 0 Å². The van der Waals surface area contributed by atoms with E-state index in [1.54, 1.807) is 42.5 Å². The number of cyclic esters (lactones) is 1. The van der Waals surface area contributed by atoms with Crippen molar-refractivity contribution in [1.82, 2.24) is 4.90 Å². The van der Waals surface area contributed by atoms with Crippen LogP contribution < -0.4 is 0 Å². The number of carbonyl (C=O) groups excluding carboxylic acids is 1. The number of rotatable bonds is 8. The zero-order valence-electron chi connectivity index (χ0n) is 17.8. The van der Waals surface area contributed by atoms with Crippen molar-refractivity contribution in [3.8, 4) is 11.5 Å². The normalized spacial score (nSPS) is 14.0. The molecule has 1 aliphatic rings. The molecule has 9 nitrogen and oxygen atoms in total. The Kier molecular flexibility index (Phi) is 5.95. The molecule has 0 aliphatic carbocycles. The third-order valence-corrected chi connectivity index (χ3v) is 5.64. The molecule has 3 aromatic rings. The van der Waals surface area contributed by atoms with E-state index in [1.807, 2.05) is 0 Å². The fourth-order valence-electron chi connectivity index (χ4n) is 4.29. The predicted molar refractivity (Wildman–Crippen MR) is 119 cm³/mol. The molecule has 0 fully saturated rings. The zero-order valence-corrected chi connectivity index (χ0v) is 17.8. The molecular formula is C25H21NO8. The van der Waals surface area contributed by atoms with E-state index in [0.717, 1.165) is 0 Å². The van der Waals surface area contributed by atoms with Gasteiger partial charge in [-0.05, 0) is 29.8 Å². The van der Waals surface area contributed by atoms with E-state index >= 15 is 0 Å². The van der Waals surface area contributed by atoms with Crippen LogP contribution in [0, 0.1) is 0 Å². The van der Waals surface area contributed by atoms with Gasteiger partial charge in [0.05, 0.1) is 18.7 Å². The average Bonchev–Trinajstić information content (AvgIpc) is 3.08. The van der Waals surface area contributed by atoms with Gasteiger partial charge in [0.1, 0.15) is 11.5 Å². The number of hydrogen-bond acceptors (Lipinski definition) is 7. The Labute approximate surface area is 194 Å². The van der Waals surface area contributed by atoms with Gasteiger partial charge >= 0.3 is 17.9 Å². The van der Waals surface area contributed by atoms with Gasteiger partial charge in [-0.2, -0.15) is 0 Å². The molecule has 0 atom stereocenters. The molecule has 0 saturated carbocycles. The van der Waals surface area contributed by atoms with Gasteiger partial charge in [0, 0.05) is 23.2 Å². The first kappa shape index (κ1) is 22.8. The smallest absolute Gasteiger partial charge is 0.340 e. The molecule has 0 bridgehead atoms. The summed E-state index contributed by atoms with van der Waals surface area (Å²) in [4.78, 5) is 36.9. The van der Waals surface area contributed by atoms with Crippen LogP contribution in [0.1, 0.15) is 32.6 Å². The van der Waals surface area contributed by atoms with Crippen molar-refractivity contribution in [2.75, 3.05) is 13.1 Å². The van der Waals surface area contributed by atoms with Crippen LogP contribution in [0.3, 0.4) is 0 Å². The number of carboxylic acid groups (broad SMARTS) is 2. The molecule has 0 unspecified atom stereocenters. The average molecular weight is 463 g/mol. The van der Waals surface area contributed by atoms with Crippen LogP contribution in [0.15, 0.2) is 66.7 Å². The lowest BCUT2D eigenvalue weighted by atomic mass is 9.79. The number of carboxylic acids is 2. The molecule has 1 heterocycles. The highest BCUT2D eigenvalue weighted by atomic mass is 16.6. The van der Waals surface area contributed by atoms with Crippen LogP contribution in [0.5, 0.6) is 11.5 Å². The first-order valence-electron chi connectivity index (χ1n) is 10.3. The molecule has 4 rings (SSSR count). The number of fused-ring (bicyclic) bond motifs is 1. The van der Waals surface area contributed by atoms with Gasteiger partial charge in [0.2, 0.25) is 0 Å². The van der Waals surface area contributed by atoms with Crippen molar-refractivity contribution in [1.29, 1.82) is 0 Å². The lowest BCUT2D eigenvalue weighted by Crippen LogP contribution is -2.34. The summed E-state index contributed by atoms with van der Waals surface area (Å²) in [6.07, 6.45) is 0. The van der Waals surface area contributed by atoms with Gasteiger partial charge in [0.15, 0.2) is 5.60 Å². The van der Waals surface area contributed by atoms with Gasteiger partial charge in [-0.3, -0.25) is 14.5 Å². The number of carbonyl (C=O) groups is 3. The highest BCUT2D eigenvalue weighted by Crippen LogP contribution is 2.48. The quantitative estimate of drug-likeness (QED) is 0.370. The van der Waals surface area contributed by atoms with Crippen molar-refractivity contribution in [3.63, 3.8) is 0 Å². The Morgan fingerprint density at radius 3 is 1.76 bits per heavy atom.